The average Bonchev–Trinajstić information content (AvgIpc) is 2.67. The summed E-state index contributed by atoms with van der Waals surface area (Å²) in [7, 11) is 0. The zero-order valence-corrected chi connectivity index (χ0v) is 8.43. The van der Waals surface area contributed by atoms with Crippen molar-refractivity contribution >= 4 is 0 Å². The summed E-state index contributed by atoms with van der Waals surface area (Å²) in [6.45, 7) is 7.99. The lowest BCUT2D eigenvalue weighted by molar-refractivity contribution is 0.0557. The summed E-state index contributed by atoms with van der Waals surface area (Å²) in [4.78, 5) is 0. The fourth-order valence-electron chi connectivity index (χ4n) is 1.34. The largest absolute Gasteiger partial charge is 0.389 e. The first-order valence-corrected chi connectivity index (χ1v) is 4.98. The van der Waals surface area contributed by atoms with E-state index in [4.69, 9.17) is 0 Å². The molecule has 1 saturated carbocycles. The van der Waals surface area contributed by atoms with Gasteiger partial charge in [0.05, 0.1) is 5.60 Å². The lowest BCUT2D eigenvalue weighted by Crippen LogP contribution is -2.38. The van der Waals surface area contributed by atoms with Crippen LogP contribution in [0.25, 0.3) is 0 Å². The third kappa shape index (κ3) is 3.11. The molecule has 1 aliphatic carbocycles. The Morgan fingerprint density at radius 2 is 2.17 bits per heavy atom. The molecule has 0 aromatic carbocycles. The van der Waals surface area contributed by atoms with Crippen molar-refractivity contribution in [1.82, 2.24) is 5.32 Å². The van der Waals surface area contributed by atoms with Gasteiger partial charge in [-0.2, -0.15) is 0 Å². The van der Waals surface area contributed by atoms with Gasteiger partial charge in [0.2, 0.25) is 0 Å². The Morgan fingerprint density at radius 3 is 2.58 bits per heavy atom. The van der Waals surface area contributed by atoms with Crippen LogP contribution in [-0.4, -0.2) is 23.8 Å². The summed E-state index contributed by atoms with van der Waals surface area (Å²) in [5, 5.41) is 13.0. The second kappa shape index (κ2) is 3.75. The van der Waals surface area contributed by atoms with Gasteiger partial charge in [-0.1, -0.05) is 13.8 Å². The van der Waals surface area contributed by atoms with Crippen LogP contribution in [0, 0.1) is 11.8 Å². The van der Waals surface area contributed by atoms with Gasteiger partial charge < -0.3 is 10.4 Å². The van der Waals surface area contributed by atoms with Crippen molar-refractivity contribution < 1.29 is 5.11 Å². The van der Waals surface area contributed by atoms with E-state index < -0.39 is 5.60 Å². The maximum absolute atomic E-state index is 9.66. The van der Waals surface area contributed by atoms with Crippen LogP contribution >= 0.6 is 0 Å². The third-order valence-corrected chi connectivity index (χ3v) is 2.95. The van der Waals surface area contributed by atoms with Crippen molar-refractivity contribution in [3.05, 3.63) is 0 Å². The van der Waals surface area contributed by atoms with E-state index in [-0.39, 0.29) is 0 Å². The molecular formula is C10H21NO. The summed E-state index contributed by atoms with van der Waals surface area (Å²) in [6.07, 6.45) is 2.18. The smallest absolute Gasteiger partial charge is 0.0740 e. The van der Waals surface area contributed by atoms with Crippen molar-refractivity contribution in [1.29, 1.82) is 0 Å². The summed E-state index contributed by atoms with van der Waals surface area (Å²) in [5.74, 6) is 1.78. The van der Waals surface area contributed by atoms with Gasteiger partial charge in [0, 0.05) is 6.54 Å². The van der Waals surface area contributed by atoms with Crippen molar-refractivity contribution in [2.75, 3.05) is 13.1 Å². The average molecular weight is 171 g/mol. The first-order chi connectivity index (χ1) is 5.55. The zero-order valence-electron chi connectivity index (χ0n) is 8.43. The van der Waals surface area contributed by atoms with Crippen molar-refractivity contribution in [3.8, 4) is 0 Å². The van der Waals surface area contributed by atoms with E-state index in [9.17, 15) is 5.11 Å². The molecule has 0 heterocycles. The molecule has 1 aliphatic rings. The van der Waals surface area contributed by atoms with Crippen LogP contribution in [0.15, 0.2) is 0 Å². The lowest BCUT2D eigenvalue weighted by Gasteiger charge is -2.21. The van der Waals surface area contributed by atoms with Gasteiger partial charge >= 0.3 is 0 Å². The molecule has 1 rings (SSSR count). The van der Waals surface area contributed by atoms with E-state index in [0.29, 0.717) is 0 Å². The van der Waals surface area contributed by atoms with Gasteiger partial charge in [-0.05, 0) is 38.1 Å². The van der Waals surface area contributed by atoms with Gasteiger partial charge in [-0.25, -0.2) is 0 Å². The van der Waals surface area contributed by atoms with Crippen LogP contribution in [-0.2, 0) is 0 Å². The Kier molecular flexibility index (Phi) is 3.13. The van der Waals surface area contributed by atoms with E-state index in [1.807, 2.05) is 13.8 Å². The zero-order chi connectivity index (χ0) is 9.19. The van der Waals surface area contributed by atoms with Gasteiger partial charge in [-0.3, -0.25) is 0 Å². The van der Waals surface area contributed by atoms with Gasteiger partial charge in [0.15, 0.2) is 0 Å². The molecule has 0 aliphatic heterocycles. The van der Waals surface area contributed by atoms with Crippen LogP contribution < -0.4 is 5.32 Å². The summed E-state index contributed by atoms with van der Waals surface area (Å²) in [5.41, 5.74) is -0.516. The second-order valence-corrected chi connectivity index (χ2v) is 4.45. The molecule has 2 N–H and O–H groups in total. The normalized spacial score (nSPS) is 33.0. The number of aliphatic hydroxyl groups is 1. The van der Waals surface area contributed by atoms with E-state index in [2.05, 4.69) is 12.2 Å². The molecule has 3 atom stereocenters. The molecule has 0 aromatic rings. The number of nitrogens with one attached hydrogen (secondary N) is 1. The maximum Gasteiger partial charge on any atom is 0.0740 e. The topological polar surface area (TPSA) is 32.3 Å². The van der Waals surface area contributed by atoms with Crippen LogP contribution in [0.1, 0.15) is 33.6 Å². The molecule has 2 nitrogen and oxygen atoms in total. The highest BCUT2D eigenvalue weighted by Crippen LogP contribution is 2.36. The van der Waals surface area contributed by atoms with Gasteiger partial charge in [-0.15, -0.1) is 0 Å². The Labute approximate surface area is 75.4 Å². The van der Waals surface area contributed by atoms with E-state index >= 15 is 0 Å². The SMILES string of the molecule is CCC(C)(O)CNCC1CC1C. The molecule has 3 unspecified atom stereocenters. The molecule has 0 bridgehead atoms. The molecule has 72 valence electrons. The molecule has 2 heteroatoms. The van der Waals surface area contributed by atoms with Crippen LogP contribution in [0.5, 0.6) is 0 Å². The Bertz CT molecular complexity index is 145. The highest BCUT2D eigenvalue weighted by atomic mass is 16.3. The molecule has 1 fully saturated rings. The first kappa shape index (κ1) is 10.0. The minimum Gasteiger partial charge on any atom is -0.389 e. The van der Waals surface area contributed by atoms with Crippen LogP contribution in [0.2, 0.25) is 0 Å². The summed E-state index contributed by atoms with van der Waals surface area (Å²) < 4.78 is 0. The van der Waals surface area contributed by atoms with E-state index in [1.165, 1.54) is 6.42 Å². The summed E-state index contributed by atoms with van der Waals surface area (Å²) in [6, 6.07) is 0. The van der Waals surface area contributed by atoms with Crippen molar-refractivity contribution in [2.24, 2.45) is 11.8 Å². The fraction of sp³-hybridized carbons (Fsp3) is 1.00. The summed E-state index contributed by atoms with van der Waals surface area (Å²) >= 11 is 0. The quantitative estimate of drug-likeness (QED) is 0.655. The highest BCUT2D eigenvalue weighted by Gasteiger charge is 2.32. The molecule has 0 saturated heterocycles. The lowest BCUT2D eigenvalue weighted by atomic mass is 10.0. The second-order valence-electron chi connectivity index (χ2n) is 4.45. The Hall–Kier alpha value is -0.0800. The van der Waals surface area contributed by atoms with E-state index in [1.54, 1.807) is 0 Å². The molecular weight excluding hydrogens is 150 g/mol. The van der Waals surface area contributed by atoms with Crippen LogP contribution in [0.3, 0.4) is 0 Å². The fourth-order valence-corrected chi connectivity index (χ4v) is 1.34. The molecule has 0 amide bonds. The van der Waals surface area contributed by atoms with Gasteiger partial charge in [0.1, 0.15) is 0 Å². The Morgan fingerprint density at radius 1 is 1.58 bits per heavy atom. The van der Waals surface area contributed by atoms with Crippen molar-refractivity contribution in [2.45, 2.75) is 39.2 Å². The van der Waals surface area contributed by atoms with E-state index in [0.717, 1.165) is 31.3 Å². The van der Waals surface area contributed by atoms with Gasteiger partial charge in [0.25, 0.3) is 0 Å². The molecule has 0 spiro atoms. The molecule has 12 heavy (non-hydrogen) atoms. The predicted molar refractivity (Wildman–Crippen MR) is 51.1 cm³/mol. The highest BCUT2D eigenvalue weighted by molar-refractivity contribution is 4.85. The minimum atomic E-state index is -0.516. The predicted octanol–water partition coefficient (Wildman–Crippen LogP) is 1.39. The van der Waals surface area contributed by atoms with Crippen LogP contribution in [0.4, 0.5) is 0 Å². The maximum atomic E-state index is 9.66. The molecule has 0 aromatic heterocycles. The third-order valence-electron chi connectivity index (χ3n) is 2.95. The minimum absolute atomic E-state index is 0.516. The van der Waals surface area contributed by atoms with Crippen molar-refractivity contribution in [3.63, 3.8) is 0 Å². The number of rotatable bonds is 5. The molecule has 0 radical (unpaired) electrons. The monoisotopic (exact) mass is 171 g/mol. The first-order valence-electron chi connectivity index (χ1n) is 4.98. The number of hydrogen-bond donors (Lipinski definition) is 2. The standard InChI is InChI=1S/C10H21NO/c1-4-10(3,12)7-11-6-9-5-8(9)2/h8-9,11-12H,4-7H2,1-3H3. The Balaban J connectivity index is 2.02. The number of hydrogen-bond acceptors (Lipinski definition) is 2.